The third-order valence-electron chi connectivity index (χ3n) is 1.57. The summed E-state index contributed by atoms with van der Waals surface area (Å²) < 4.78 is 0. The maximum Gasteiger partial charge on any atom is 0.104 e. The van der Waals surface area contributed by atoms with Gasteiger partial charge in [-0.15, -0.1) is 0 Å². The summed E-state index contributed by atoms with van der Waals surface area (Å²) in [5.74, 6) is 0. The lowest BCUT2D eigenvalue weighted by Gasteiger charge is -2.30. The van der Waals surface area contributed by atoms with E-state index in [1.54, 1.807) is 18.2 Å². The zero-order valence-corrected chi connectivity index (χ0v) is 5.62. The second kappa shape index (κ2) is 2.09. The Morgan fingerprint density at radius 1 is 1.40 bits per heavy atom. The van der Waals surface area contributed by atoms with Crippen molar-refractivity contribution in [3.63, 3.8) is 0 Å². The fraction of sp³-hybridized carbons (Fsp3) is 0.333. The molecule has 0 spiro atoms. The molecular weight excluding hydrogens is 128 g/mol. The standard InChI is InChI=1S/C6H12N4/c7-4-2-1-3-6(9,10)5(4)8/h1-3,5H,7-10H2. The summed E-state index contributed by atoms with van der Waals surface area (Å²) in [5.41, 5.74) is 21.7. The molecule has 4 heteroatoms. The molecule has 0 bridgehead atoms. The van der Waals surface area contributed by atoms with E-state index in [1.165, 1.54) is 0 Å². The Labute approximate surface area is 59.5 Å². The predicted octanol–water partition coefficient (Wildman–Crippen LogP) is -1.66. The smallest absolute Gasteiger partial charge is 0.104 e. The molecule has 0 fully saturated rings. The van der Waals surface area contributed by atoms with Crippen LogP contribution in [0.1, 0.15) is 0 Å². The second-order valence-corrected chi connectivity index (χ2v) is 2.50. The summed E-state index contributed by atoms with van der Waals surface area (Å²) in [6, 6.07) is -0.475. The Morgan fingerprint density at radius 3 is 2.40 bits per heavy atom. The van der Waals surface area contributed by atoms with E-state index in [4.69, 9.17) is 22.9 Å². The molecule has 10 heavy (non-hydrogen) atoms. The van der Waals surface area contributed by atoms with Gasteiger partial charge in [-0.05, 0) is 12.2 Å². The topological polar surface area (TPSA) is 104 Å². The van der Waals surface area contributed by atoms with Gasteiger partial charge in [0.05, 0.1) is 6.04 Å². The van der Waals surface area contributed by atoms with Crippen LogP contribution in [0.3, 0.4) is 0 Å². The van der Waals surface area contributed by atoms with Crippen molar-refractivity contribution < 1.29 is 0 Å². The van der Waals surface area contributed by atoms with E-state index in [0.717, 1.165) is 0 Å². The molecule has 0 heterocycles. The van der Waals surface area contributed by atoms with Crippen molar-refractivity contribution in [2.75, 3.05) is 0 Å². The van der Waals surface area contributed by atoms with E-state index in [2.05, 4.69) is 0 Å². The van der Waals surface area contributed by atoms with Crippen molar-refractivity contribution in [3.05, 3.63) is 23.9 Å². The molecule has 1 aliphatic rings. The van der Waals surface area contributed by atoms with Crippen molar-refractivity contribution in [1.29, 1.82) is 0 Å². The second-order valence-electron chi connectivity index (χ2n) is 2.50. The van der Waals surface area contributed by atoms with E-state index in [-0.39, 0.29) is 0 Å². The molecule has 4 nitrogen and oxygen atoms in total. The van der Waals surface area contributed by atoms with Crippen molar-refractivity contribution in [1.82, 2.24) is 0 Å². The summed E-state index contributed by atoms with van der Waals surface area (Å²) in [4.78, 5) is 0. The molecule has 1 aliphatic carbocycles. The first-order valence-corrected chi connectivity index (χ1v) is 3.02. The summed E-state index contributed by atoms with van der Waals surface area (Å²) in [5, 5.41) is 0. The third-order valence-corrected chi connectivity index (χ3v) is 1.57. The van der Waals surface area contributed by atoms with Crippen molar-refractivity contribution in [2.45, 2.75) is 11.7 Å². The first-order chi connectivity index (χ1) is 4.54. The van der Waals surface area contributed by atoms with Gasteiger partial charge in [0.15, 0.2) is 0 Å². The molecule has 0 radical (unpaired) electrons. The first-order valence-electron chi connectivity index (χ1n) is 3.02. The van der Waals surface area contributed by atoms with E-state index in [1.807, 2.05) is 0 Å². The van der Waals surface area contributed by atoms with Crippen LogP contribution in [-0.2, 0) is 0 Å². The maximum absolute atomic E-state index is 5.56. The van der Waals surface area contributed by atoms with Crippen LogP contribution in [0.5, 0.6) is 0 Å². The van der Waals surface area contributed by atoms with Crippen molar-refractivity contribution in [2.24, 2.45) is 22.9 Å². The van der Waals surface area contributed by atoms with Gasteiger partial charge in [-0.3, -0.25) is 0 Å². The highest BCUT2D eigenvalue weighted by atomic mass is 15.0. The monoisotopic (exact) mass is 140 g/mol. The van der Waals surface area contributed by atoms with Gasteiger partial charge in [0.2, 0.25) is 0 Å². The van der Waals surface area contributed by atoms with Crippen LogP contribution in [0, 0.1) is 0 Å². The van der Waals surface area contributed by atoms with Crippen LogP contribution in [-0.4, -0.2) is 11.7 Å². The Bertz CT molecular complexity index is 192. The van der Waals surface area contributed by atoms with Crippen LogP contribution in [0.25, 0.3) is 0 Å². The van der Waals surface area contributed by atoms with Gasteiger partial charge in [0.1, 0.15) is 5.66 Å². The van der Waals surface area contributed by atoms with Gasteiger partial charge >= 0.3 is 0 Å². The molecule has 56 valence electrons. The SMILES string of the molecule is NC1=CC=CC(N)(N)C1N. The summed E-state index contributed by atoms with van der Waals surface area (Å²) in [6.45, 7) is 0. The Morgan fingerprint density at radius 2 is 2.00 bits per heavy atom. The molecule has 0 saturated carbocycles. The first kappa shape index (κ1) is 7.27. The molecule has 0 aliphatic heterocycles. The van der Waals surface area contributed by atoms with Crippen LogP contribution < -0.4 is 22.9 Å². The van der Waals surface area contributed by atoms with Gasteiger partial charge < -0.3 is 22.9 Å². The number of hydrogen-bond donors (Lipinski definition) is 4. The minimum absolute atomic E-state index is 0.475. The third kappa shape index (κ3) is 1.04. The highest BCUT2D eigenvalue weighted by Gasteiger charge is 2.28. The quantitative estimate of drug-likeness (QED) is 0.302. The van der Waals surface area contributed by atoms with E-state index in [9.17, 15) is 0 Å². The van der Waals surface area contributed by atoms with E-state index in [0.29, 0.717) is 5.70 Å². The largest absolute Gasteiger partial charge is 0.401 e. The van der Waals surface area contributed by atoms with Crippen LogP contribution in [0.15, 0.2) is 23.9 Å². The predicted molar refractivity (Wildman–Crippen MR) is 40.5 cm³/mol. The fourth-order valence-corrected chi connectivity index (χ4v) is 0.822. The Balaban J connectivity index is 2.89. The molecule has 1 unspecified atom stereocenters. The molecule has 8 N–H and O–H groups in total. The van der Waals surface area contributed by atoms with Crippen LogP contribution in [0.4, 0.5) is 0 Å². The average molecular weight is 140 g/mol. The maximum atomic E-state index is 5.56. The van der Waals surface area contributed by atoms with Crippen LogP contribution in [0.2, 0.25) is 0 Å². The normalized spacial score (nSPS) is 29.9. The van der Waals surface area contributed by atoms with Gasteiger partial charge in [0.25, 0.3) is 0 Å². The van der Waals surface area contributed by atoms with Crippen molar-refractivity contribution in [3.8, 4) is 0 Å². The highest BCUT2D eigenvalue weighted by molar-refractivity contribution is 5.29. The number of nitrogens with two attached hydrogens (primary N) is 4. The van der Waals surface area contributed by atoms with Gasteiger partial charge in [0, 0.05) is 5.70 Å². The van der Waals surface area contributed by atoms with Crippen molar-refractivity contribution >= 4 is 0 Å². The number of hydrogen-bond acceptors (Lipinski definition) is 4. The molecule has 0 amide bonds. The number of allylic oxidation sites excluding steroid dienone is 2. The van der Waals surface area contributed by atoms with E-state index < -0.39 is 11.7 Å². The summed E-state index contributed by atoms with van der Waals surface area (Å²) >= 11 is 0. The highest BCUT2D eigenvalue weighted by Crippen LogP contribution is 2.10. The number of rotatable bonds is 0. The molecule has 0 saturated heterocycles. The van der Waals surface area contributed by atoms with Crippen LogP contribution >= 0.6 is 0 Å². The molecule has 0 aromatic rings. The molecule has 1 rings (SSSR count). The Hall–Kier alpha value is -0.840. The minimum atomic E-state index is -0.987. The van der Waals surface area contributed by atoms with Gasteiger partial charge in [-0.25, -0.2) is 0 Å². The molecule has 1 atom stereocenters. The van der Waals surface area contributed by atoms with Gasteiger partial charge in [-0.1, -0.05) is 6.08 Å². The summed E-state index contributed by atoms with van der Waals surface area (Å²) in [7, 11) is 0. The zero-order chi connectivity index (χ0) is 7.78. The lowest BCUT2D eigenvalue weighted by Crippen LogP contribution is -2.63. The summed E-state index contributed by atoms with van der Waals surface area (Å²) in [6.07, 6.45) is 5.04. The lowest BCUT2D eigenvalue weighted by molar-refractivity contribution is 0.468. The Kier molecular flexibility index (Phi) is 1.52. The lowest BCUT2D eigenvalue weighted by atomic mass is 9.95. The average Bonchev–Trinajstić information content (AvgIpc) is 1.83. The molecular formula is C6H12N4. The zero-order valence-electron chi connectivity index (χ0n) is 5.62. The molecule has 0 aromatic carbocycles. The van der Waals surface area contributed by atoms with E-state index >= 15 is 0 Å². The fourth-order valence-electron chi connectivity index (χ4n) is 0.822. The molecule has 0 aromatic heterocycles. The van der Waals surface area contributed by atoms with Gasteiger partial charge in [-0.2, -0.15) is 0 Å². The minimum Gasteiger partial charge on any atom is -0.401 e.